The summed E-state index contributed by atoms with van der Waals surface area (Å²) < 4.78 is 40.4. The minimum atomic E-state index is -4.55. The molecular weight excluding hydrogens is 407 g/mol. The van der Waals surface area contributed by atoms with Crippen molar-refractivity contribution >= 4 is 11.6 Å². The fourth-order valence-corrected chi connectivity index (χ4v) is 3.77. The highest BCUT2D eigenvalue weighted by atomic mass is 19.4. The lowest BCUT2D eigenvalue weighted by atomic mass is 10.1. The molecule has 3 aromatic rings. The molecule has 0 radical (unpaired) electrons. The minimum Gasteiger partial charge on any atom is -0.353 e. The predicted molar refractivity (Wildman–Crippen MR) is 110 cm³/mol. The monoisotopic (exact) mass is 429 g/mol. The van der Waals surface area contributed by atoms with E-state index in [1.807, 2.05) is 4.90 Å². The number of alkyl halides is 3. The molecule has 2 fully saturated rings. The number of H-pyrrole nitrogens is 1. The van der Waals surface area contributed by atoms with E-state index in [-0.39, 0.29) is 17.1 Å². The Morgan fingerprint density at radius 1 is 1.00 bits per heavy atom. The van der Waals surface area contributed by atoms with E-state index < -0.39 is 11.9 Å². The van der Waals surface area contributed by atoms with Gasteiger partial charge in [-0.2, -0.15) is 18.3 Å². The zero-order valence-corrected chi connectivity index (χ0v) is 17.0. The number of hydrogen-bond acceptors (Lipinski definition) is 6. The van der Waals surface area contributed by atoms with Gasteiger partial charge in [0.25, 0.3) is 0 Å². The molecule has 0 aromatic carbocycles. The Labute approximate surface area is 177 Å². The van der Waals surface area contributed by atoms with Crippen LogP contribution in [-0.2, 0) is 11.6 Å². The van der Waals surface area contributed by atoms with Gasteiger partial charge in [0.2, 0.25) is 0 Å². The Hall–Kier alpha value is -3.17. The lowest BCUT2D eigenvalue weighted by Gasteiger charge is -2.35. The molecule has 0 atom stereocenters. The average Bonchev–Trinajstić information content (AvgIpc) is 3.33. The number of aromatic amines is 1. The fourth-order valence-electron chi connectivity index (χ4n) is 3.77. The number of pyridine rings is 1. The number of nitrogens with one attached hydrogen (secondary N) is 1. The zero-order valence-electron chi connectivity index (χ0n) is 17.0. The molecule has 1 saturated heterocycles. The third kappa shape index (κ3) is 3.94. The summed E-state index contributed by atoms with van der Waals surface area (Å²) in [6.45, 7) is 4.60. The van der Waals surface area contributed by atoms with E-state index in [4.69, 9.17) is 0 Å². The molecule has 1 N–H and O–H groups in total. The topological polar surface area (TPSA) is 73.8 Å². The number of nitrogens with zero attached hydrogens (tertiary/aromatic N) is 6. The Morgan fingerprint density at radius 3 is 2.32 bits per heavy atom. The molecule has 10 heteroatoms. The molecule has 31 heavy (non-hydrogen) atoms. The summed E-state index contributed by atoms with van der Waals surface area (Å²) in [4.78, 5) is 16.1. The second-order valence-corrected chi connectivity index (χ2v) is 8.35. The first-order chi connectivity index (χ1) is 14.8. The van der Waals surface area contributed by atoms with Crippen LogP contribution in [0.15, 0.2) is 36.7 Å². The summed E-state index contributed by atoms with van der Waals surface area (Å²) in [5.74, 6) is 1.18. The number of anilines is 2. The first-order valence-corrected chi connectivity index (χ1v) is 10.2. The second kappa shape index (κ2) is 7.21. The summed E-state index contributed by atoms with van der Waals surface area (Å²) >= 11 is 0. The lowest BCUT2D eigenvalue weighted by molar-refractivity contribution is -0.141. The van der Waals surface area contributed by atoms with Gasteiger partial charge in [-0.05, 0) is 25.0 Å². The number of halogens is 3. The average molecular weight is 429 g/mol. The summed E-state index contributed by atoms with van der Waals surface area (Å²) in [5, 5.41) is 7.59. The van der Waals surface area contributed by atoms with Gasteiger partial charge in [-0.3, -0.25) is 10.1 Å². The van der Waals surface area contributed by atoms with Crippen molar-refractivity contribution in [1.29, 1.82) is 0 Å². The molecule has 7 nitrogen and oxygen atoms in total. The van der Waals surface area contributed by atoms with E-state index >= 15 is 0 Å². The third-order valence-corrected chi connectivity index (χ3v) is 6.07. The van der Waals surface area contributed by atoms with Crippen LogP contribution in [0.2, 0.25) is 0 Å². The highest BCUT2D eigenvalue weighted by molar-refractivity contribution is 5.57. The largest absolute Gasteiger partial charge is 0.433 e. The molecule has 5 rings (SSSR count). The van der Waals surface area contributed by atoms with Gasteiger partial charge in [0.05, 0.1) is 0 Å². The van der Waals surface area contributed by atoms with Crippen LogP contribution < -0.4 is 9.80 Å². The van der Waals surface area contributed by atoms with Gasteiger partial charge in [0.15, 0.2) is 17.3 Å². The summed E-state index contributed by atoms with van der Waals surface area (Å²) in [5.41, 5.74) is 0.862. The van der Waals surface area contributed by atoms with Crippen LogP contribution in [0.1, 0.15) is 31.2 Å². The zero-order chi connectivity index (χ0) is 21.6. The van der Waals surface area contributed by atoms with Crippen molar-refractivity contribution in [2.24, 2.45) is 0 Å². The Balaban J connectivity index is 1.36. The molecule has 1 aliphatic carbocycles. The van der Waals surface area contributed by atoms with Crippen LogP contribution in [-0.4, -0.2) is 51.3 Å². The quantitative estimate of drug-likeness (QED) is 0.683. The molecule has 162 valence electrons. The van der Waals surface area contributed by atoms with Crippen LogP contribution in [0.3, 0.4) is 0 Å². The molecular formula is C21H22F3N7. The lowest BCUT2D eigenvalue weighted by Crippen LogP contribution is -2.47. The van der Waals surface area contributed by atoms with Crippen molar-refractivity contribution in [3.8, 4) is 11.4 Å². The normalized spacial score (nSPS) is 18.3. The molecule has 2 aliphatic rings. The van der Waals surface area contributed by atoms with Gasteiger partial charge in [-0.25, -0.2) is 9.97 Å². The first-order valence-electron chi connectivity index (χ1n) is 10.2. The van der Waals surface area contributed by atoms with Crippen molar-refractivity contribution < 1.29 is 13.2 Å². The van der Waals surface area contributed by atoms with Crippen LogP contribution in [0.25, 0.3) is 11.4 Å². The van der Waals surface area contributed by atoms with Crippen LogP contribution in [0, 0.1) is 0 Å². The first kappa shape index (κ1) is 19.8. The highest BCUT2D eigenvalue weighted by Gasteiger charge is 2.41. The number of piperazine rings is 1. The molecule has 0 amide bonds. The van der Waals surface area contributed by atoms with Crippen molar-refractivity contribution in [2.75, 3.05) is 36.0 Å². The van der Waals surface area contributed by atoms with Crippen molar-refractivity contribution in [2.45, 2.75) is 31.4 Å². The highest BCUT2D eigenvalue weighted by Crippen LogP contribution is 2.47. The molecule has 0 bridgehead atoms. The van der Waals surface area contributed by atoms with Gasteiger partial charge < -0.3 is 9.80 Å². The molecule has 0 spiro atoms. The molecule has 4 heterocycles. The SMILES string of the molecule is CC1(c2cc(N3CCN(c4cc(C(F)(F)F)nc(-c5cccnc5)n4)CC3)n[nH]2)CC1. The van der Waals surface area contributed by atoms with E-state index in [0.29, 0.717) is 31.7 Å². The Kier molecular flexibility index (Phi) is 4.60. The Bertz CT molecular complexity index is 1070. The van der Waals surface area contributed by atoms with Gasteiger partial charge in [0.1, 0.15) is 5.82 Å². The molecule has 3 aromatic heterocycles. The summed E-state index contributed by atoms with van der Waals surface area (Å²) in [6.07, 6.45) is 0.794. The van der Waals surface area contributed by atoms with E-state index in [0.717, 1.165) is 30.4 Å². The standard InChI is InChI=1S/C21H22F3N7/c1-20(4-5-20)15-11-18(29-28-15)31-9-7-30(8-10-31)17-12-16(21(22,23)24)26-19(27-17)14-3-2-6-25-13-14/h2-3,6,11-13H,4-5,7-10H2,1H3,(H,28,29). The Morgan fingerprint density at radius 2 is 1.71 bits per heavy atom. The van der Waals surface area contributed by atoms with Crippen LogP contribution >= 0.6 is 0 Å². The van der Waals surface area contributed by atoms with Crippen LogP contribution in [0.4, 0.5) is 24.8 Å². The van der Waals surface area contributed by atoms with Crippen molar-refractivity contribution in [1.82, 2.24) is 25.1 Å². The molecule has 1 aliphatic heterocycles. The molecule has 0 unspecified atom stereocenters. The fraction of sp³-hybridized carbons (Fsp3) is 0.429. The van der Waals surface area contributed by atoms with E-state index in [1.54, 1.807) is 18.3 Å². The van der Waals surface area contributed by atoms with E-state index in [2.05, 4.69) is 43.0 Å². The van der Waals surface area contributed by atoms with E-state index in [1.165, 1.54) is 6.20 Å². The van der Waals surface area contributed by atoms with Gasteiger partial charge in [0, 0.05) is 67.4 Å². The third-order valence-electron chi connectivity index (χ3n) is 6.07. The maximum absolute atomic E-state index is 13.5. The van der Waals surface area contributed by atoms with Crippen molar-refractivity contribution in [3.05, 3.63) is 48.0 Å². The maximum Gasteiger partial charge on any atom is 0.433 e. The number of rotatable bonds is 4. The van der Waals surface area contributed by atoms with Gasteiger partial charge in [-0.1, -0.05) is 6.92 Å². The van der Waals surface area contributed by atoms with Gasteiger partial charge >= 0.3 is 6.18 Å². The van der Waals surface area contributed by atoms with E-state index in [9.17, 15) is 13.2 Å². The smallest absolute Gasteiger partial charge is 0.353 e. The van der Waals surface area contributed by atoms with Gasteiger partial charge in [-0.15, -0.1) is 0 Å². The maximum atomic E-state index is 13.5. The van der Waals surface area contributed by atoms with Crippen LogP contribution in [0.5, 0.6) is 0 Å². The summed E-state index contributed by atoms with van der Waals surface area (Å²) in [7, 11) is 0. The summed E-state index contributed by atoms with van der Waals surface area (Å²) in [6, 6.07) is 6.42. The molecule has 1 saturated carbocycles. The second-order valence-electron chi connectivity index (χ2n) is 8.35. The number of hydrogen-bond donors (Lipinski definition) is 1. The van der Waals surface area contributed by atoms with Crippen molar-refractivity contribution in [3.63, 3.8) is 0 Å². The predicted octanol–water partition coefficient (Wildman–Crippen LogP) is 3.66. The minimum absolute atomic E-state index is 0.0231. The number of aromatic nitrogens is 5.